The molecule has 0 fully saturated rings. The van der Waals surface area contributed by atoms with Crippen molar-refractivity contribution in [1.82, 2.24) is 0 Å². The first-order valence-corrected chi connectivity index (χ1v) is 5.44. The summed E-state index contributed by atoms with van der Waals surface area (Å²) in [5, 5.41) is 0. The van der Waals surface area contributed by atoms with Crippen LogP contribution in [0.2, 0.25) is 0 Å². The van der Waals surface area contributed by atoms with Crippen molar-refractivity contribution in [3.05, 3.63) is 33.4 Å². The summed E-state index contributed by atoms with van der Waals surface area (Å²) in [7, 11) is 0. The van der Waals surface area contributed by atoms with Gasteiger partial charge in [-0.3, -0.25) is 0 Å². The largest absolute Gasteiger partial charge is 0.0776 e. The van der Waals surface area contributed by atoms with Gasteiger partial charge in [-0.25, -0.2) is 0 Å². The third kappa shape index (κ3) is 2.25. The summed E-state index contributed by atoms with van der Waals surface area (Å²) in [5.41, 5.74) is 8.92. The minimum atomic E-state index is 0. The second-order valence-corrected chi connectivity index (χ2v) is 4.69. The minimum absolute atomic E-state index is 0. The molecular weight excluding hydrogens is 180 g/mol. The quantitative estimate of drug-likeness (QED) is 0.607. The zero-order valence-corrected chi connectivity index (χ0v) is 10.6. The molecule has 0 bridgehead atoms. The lowest BCUT2D eigenvalue weighted by Gasteiger charge is -2.21. The summed E-state index contributed by atoms with van der Waals surface area (Å²) in [5.74, 6) is 0.632. The van der Waals surface area contributed by atoms with Gasteiger partial charge in [0.05, 0.1) is 0 Å². The predicted octanol–water partition coefficient (Wildman–Crippen LogP) is 4.99. The van der Waals surface area contributed by atoms with E-state index in [0.717, 1.165) is 0 Å². The van der Waals surface area contributed by atoms with E-state index in [1.54, 1.807) is 5.56 Å². The summed E-state index contributed by atoms with van der Waals surface area (Å²) in [6.45, 7) is 15.8. The van der Waals surface area contributed by atoms with Crippen molar-refractivity contribution in [3.63, 3.8) is 0 Å². The van der Waals surface area contributed by atoms with Crippen molar-refractivity contribution in [2.24, 2.45) is 0 Å². The second kappa shape index (κ2) is 4.83. The van der Waals surface area contributed by atoms with Crippen molar-refractivity contribution in [2.75, 3.05) is 0 Å². The molecule has 15 heavy (non-hydrogen) atoms. The van der Waals surface area contributed by atoms with Crippen LogP contribution in [0, 0.1) is 34.6 Å². The van der Waals surface area contributed by atoms with Crippen LogP contribution in [0.15, 0.2) is 0 Å². The normalized spacial score (nSPS) is 10.4. The standard InChI is InChI=1S/C14H22.CH4/c1-8(2)14-12(6)10(4)9(3)11(5)13(14)7;/h8H,1-7H3;1H4. The van der Waals surface area contributed by atoms with E-state index in [4.69, 9.17) is 0 Å². The van der Waals surface area contributed by atoms with Crippen LogP contribution in [0.3, 0.4) is 0 Å². The van der Waals surface area contributed by atoms with Gasteiger partial charge < -0.3 is 0 Å². The lowest BCUT2D eigenvalue weighted by Crippen LogP contribution is -2.04. The molecule has 0 saturated heterocycles. The number of benzene rings is 1. The van der Waals surface area contributed by atoms with Gasteiger partial charge in [0, 0.05) is 0 Å². The summed E-state index contributed by atoms with van der Waals surface area (Å²) >= 11 is 0. The van der Waals surface area contributed by atoms with Gasteiger partial charge in [0.2, 0.25) is 0 Å². The highest BCUT2D eigenvalue weighted by Crippen LogP contribution is 2.30. The molecule has 0 aromatic heterocycles. The van der Waals surface area contributed by atoms with Gasteiger partial charge in [0.1, 0.15) is 0 Å². The molecule has 0 aliphatic heterocycles. The molecule has 0 heteroatoms. The highest BCUT2D eigenvalue weighted by molar-refractivity contribution is 5.50. The molecule has 0 N–H and O–H groups in total. The minimum Gasteiger partial charge on any atom is -0.0776 e. The smallest absolute Gasteiger partial charge is 0.0213 e. The van der Waals surface area contributed by atoms with Crippen LogP contribution < -0.4 is 0 Å². The van der Waals surface area contributed by atoms with E-state index in [1.165, 1.54) is 27.8 Å². The fraction of sp³-hybridized carbons (Fsp3) is 0.600. The summed E-state index contributed by atoms with van der Waals surface area (Å²) in [6, 6.07) is 0. The monoisotopic (exact) mass is 206 g/mol. The Balaban J connectivity index is 0.00000196. The average Bonchev–Trinajstić information content (AvgIpc) is 2.11. The third-order valence-electron chi connectivity index (χ3n) is 3.64. The van der Waals surface area contributed by atoms with Gasteiger partial charge in [-0.05, 0) is 73.9 Å². The first kappa shape index (κ1) is 14.2. The SMILES string of the molecule is C.Cc1c(C)c(C)c(C(C)C)c(C)c1C. The Morgan fingerprint density at radius 2 is 0.867 bits per heavy atom. The molecule has 0 spiro atoms. The second-order valence-electron chi connectivity index (χ2n) is 4.69. The lowest BCUT2D eigenvalue weighted by atomic mass is 9.85. The predicted molar refractivity (Wildman–Crippen MR) is 70.9 cm³/mol. The average molecular weight is 206 g/mol. The van der Waals surface area contributed by atoms with Crippen molar-refractivity contribution in [3.8, 4) is 0 Å². The zero-order chi connectivity index (χ0) is 11.0. The molecule has 0 nitrogen and oxygen atoms in total. The Morgan fingerprint density at radius 3 is 1.13 bits per heavy atom. The first-order valence-electron chi connectivity index (χ1n) is 5.44. The maximum absolute atomic E-state index is 2.28. The molecule has 1 aromatic rings. The molecular formula is C15H26. The fourth-order valence-electron chi connectivity index (χ4n) is 2.40. The molecule has 0 aliphatic rings. The van der Waals surface area contributed by atoms with E-state index in [9.17, 15) is 0 Å². The zero-order valence-electron chi connectivity index (χ0n) is 10.6. The Bertz CT molecular complexity index is 328. The number of rotatable bonds is 1. The summed E-state index contributed by atoms with van der Waals surface area (Å²) in [6.07, 6.45) is 0. The highest BCUT2D eigenvalue weighted by Gasteiger charge is 2.13. The van der Waals surface area contributed by atoms with Crippen LogP contribution in [0.25, 0.3) is 0 Å². The molecule has 86 valence electrons. The molecule has 0 aliphatic carbocycles. The van der Waals surface area contributed by atoms with Crippen LogP contribution in [-0.2, 0) is 0 Å². The molecule has 1 rings (SSSR count). The Hall–Kier alpha value is -0.780. The topological polar surface area (TPSA) is 0 Å². The van der Waals surface area contributed by atoms with Gasteiger partial charge in [0.25, 0.3) is 0 Å². The Morgan fingerprint density at radius 1 is 0.600 bits per heavy atom. The fourth-order valence-corrected chi connectivity index (χ4v) is 2.40. The van der Waals surface area contributed by atoms with Crippen molar-refractivity contribution in [2.45, 2.75) is 61.8 Å². The molecule has 1 aromatic carbocycles. The van der Waals surface area contributed by atoms with Gasteiger partial charge in [-0.15, -0.1) is 0 Å². The first-order chi connectivity index (χ1) is 6.37. The maximum atomic E-state index is 2.28. The Labute approximate surface area is 95.7 Å². The van der Waals surface area contributed by atoms with E-state index in [2.05, 4.69) is 48.5 Å². The van der Waals surface area contributed by atoms with Crippen molar-refractivity contribution >= 4 is 0 Å². The summed E-state index contributed by atoms with van der Waals surface area (Å²) < 4.78 is 0. The van der Waals surface area contributed by atoms with Crippen LogP contribution in [0.5, 0.6) is 0 Å². The molecule has 0 radical (unpaired) electrons. The molecule has 0 amide bonds. The van der Waals surface area contributed by atoms with E-state index < -0.39 is 0 Å². The Kier molecular flexibility index (Phi) is 4.58. The molecule has 0 unspecified atom stereocenters. The maximum Gasteiger partial charge on any atom is -0.0213 e. The van der Waals surface area contributed by atoms with Gasteiger partial charge in [-0.1, -0.05) is 21.3 Å². The van der Waals surface area contributed by atoms with Crippen LogP contribution in [0.1, 0.15) is 60.6 Å². The van der Waals surface area contributed by atoms with E-state index in [-0.39, 0.29) is 7.43 Å². The number of hydrogen-bond donors (Lipinski definition) is 0. The molecule has 0 atom stereocenters. The van der Waals surface area contributed by atoms with Crippen LogP contribution >= 0.6 is 0 Å². The summed E-state index contributed by atoms with van der Waals surface area (Å²) in [4.78, 5) is 0. The van der Waals surface area contributed by atoms with E-state index in [0.29, 0.717) is 5.92 Å². The van der Waals surface area contributed by atoms with Gasteiger partial charge in [0.15, 0.2) is 0 Å². The molecule has 0 saturated carbocycles. The van der Waals surface area contributed by atoms with Gasteiger partial charge >= 0.3 is 0 Å². The van der Waals surface area contributed by atoms with E-state index in [1.807, 2.05) is 0 Å². The highest BCUT2D eigenvalue weighted by atomic mass is 14.2. The molecule has 0 heterocycles. The van der Waals surface area contributed by atoms with E-state index >= 15 is 0 Å². The van der Waals surface area contributed by atoms with Crippen LogP contribution in [0.4, 0.5) is 0 Å². The third-order valence-corrected chi connectivity index (χ3v) is 3.64. The number of hydrogen-bond acceptors (Lipinski definition) is 0. The lowest BCUT2D eigenvalue weighted by molar-refractivity contribution is 0.837. The van der Waals surface area contributed by atoms with Gasteiger partial charge in [-0.2, -0.15) is 0 Å². The van der Waals surface area contributed by atoms with Crippen LogP contribution in [-0.4, -0.2) is 0 Å². The van der Waals surface area contributed by atoms with Crippen molar-refractivity contribution in [1.29, 1.82) is 0 Å². The van der Waals surface area contributed by atoms with Crippen molar-refractivity contribution < 1.29 is 0 Å².